The summed E-state index contributed by atoms with van der Waals surface area (Å²) in [5.41, 5.74) is 2.11. The van der Waals surface area contributed by atoms with Crippen LogP contribution >= 0.6 is 0 Å². The van der Waals surface area contributed by atoms with E-state index in [2.05, 4.69) is 59.8 Å². The minimum Gasteiger partial charge on any atom is -0.394 e. The number of aliphatic hydroxyl groups excluding tert-OH is 4. The van der Waals surface area contributed by atoms with Gasteiger partial charge >= 0.3 is 0 Å². The van der Waals surface area contributed by atoms with Gasteiger partial charge in [-0.05, 0) is 110 Å². The second-order valence-electron chi connectivity index (χ2n) is 15.2. The van der Waals surface area contributed by atoms with E-state index in [9.17, 15) is 20.4 Å². The van der Waals surface area contributed by atoms with Crippen LogP contribution in [0, 0.1) is 52.3 Å². The van der Waals surface area contributed by atoms with Crippen LogP contribution in [-0.2, 0) is 9.47 Å². The molecule has 5 rings (SSSR count). The number of fused-ring (bicyclic) bond motifs is 5. The molecule has 0 spiro atoms. The van der Waals surface area contributed by atoms with Crippen LogP contribution in [0.5, 0.6) is 0 Å². The van der Waals surface area contributed by atoms with Crippen LogP contribution in [0.4, 0.5) is 0 Å². The summed E-state index contributed by atoms with van der Waals surface area (Å²) in [5.74, 6) is 5.05. The monoisotopic (exact) mass is 574 g/mol. The minimum absolute atomic E-state index is 0.109. The normalized spacial score (nSPS) is 47.9. The van der Waals surface area contributed by atoms with E-state index in [4.69, 9.17) is 9.47 Å². The lowest BCUT2D eigenvalue weighted by atomic mass is 9.47. The Labute approximate surface area is 248 Å². The Morgan fingerprint density at radius 2 is 1.73 bits per heavy atom. The van der Waals surface area contributed by atoms with Crippen LogP contribution in [0.15, 0.2) is 23.8 Å². The minimum atomic E-state index is -1.40. The Balaban J connectivity index is 1.26. The quantitative estimate of drug-likeness (QED) is 0.281. The lowest BCUT2D eigenvalue weighted by Crippen LogP contribution is -2.60. The SMILES string of the molecule is CC[C@H](/C=C/[C@@H](C)[C@H]1CCC2C3CC=C4CC(O[C@@H]5O[C@H](CO)[C@@H](O)[C@H](O)[C@H]5O)CC[C@]4(C)C3CC[C@@]21C)C(C)C. The molecule has 0 aromatic rings. The number of ether oxygens (including phenoxy) is 2. The highest BCUT2D eigenvalue weighted by Crippen LogP contribution is 2.67. The smallest absolute Gasteiger partial charge is 0.186 e. The van der Waals surface area contributed by atoms with Crippen molar-refractivity contribution in [1.82, 2.24) is 0 Å². The maximum absolute atomic E-state index is 10.5. The highest BCUT2D eigenvalue weighted by Gasteiger charge is 2.59. The van der Waals surface area contributed by atoms with Crippen LogP contribution in [0.2, 0.25) is 0 Å². The Morgan fingerprint density at radius 3 is 2.41 bits per heavy atom. The highest BCUT2D eigenvalue weighted by molar-refractivity contribution is 5.25. The zero-order chi connectivity index (χ0) is 29.7. The van der Waals surface area contributed by atoms with Crippen molar-refractivity contribution < 1.29 is 29.9 Å². The average Bonchev–Trinajstić information content (AvgIpc) is 3.30. The van der Waals surface area contributed by atoms with Crippen molar-refractivity contribution in [1.29, 1.82) is 0 Å². The molecule has 14 atom stereocenters. The van der Waals surface area contributed by atoms with E-state index < -0.39 is 37.3 Å². The molecule has 4 aliphatic carbocycles. The molecule has 4 fully saturated rings. The third kappa shape index (κ3) is 5.64. The van der Waals surface area contributed by atoms with Crippen LogP contribution in [0.3, 0.4) is 0 Å². The molecule has 0 amide bonds. The van der Waals surface area contributed by atoms with Crippen LogP contribution < -0.4 is 0 Å². The molecule has 234 valence electrons. The van der Waals surface area contributed by atoms with Crippen molar-refractivity contribution in [2.75, 3.05) is 6.61 Å². The van der Waals surface area contributed by atoms with Gasteiger partial charge in [-0.1, -0.05) is 65.3 Å². The highest BCUT2D eigenvalue weighted by atomic mass is 16.7. The Bertz CT molecular complexity index is 960. The van der Waals surface area contributed by atoms with Gasteiger partial charge in [0.05, 0.1) is 12.7 Å². The summed E-state index contributed by atoms with van der Waals surface area (Å²) < 4.78 is 11.9. The van der Waals surface area contributed by atoms with Crippen LogP contribution in [0.1, 0.15) is 99.3 Å². The summed E-state index contributed by atoms with van der Waals surface area (Å²) in [6, 6.07) is 0. The van der Waals surface area contributed by atoms with Crippen LogP contribution in [-0.4, -0.2) is 63.8 Å². The first kappa shape index (κ1) is 31.7. The van der Waals surface area contributed by atoms with Crippen LogP contribution in [0.25, 0.3) is 0 Å². The standard InChI is InChI=1S/C35H58O6/c1-7-22(20(2)3)9-8-21(4)26-12-13-27-25-11-10-23-18-24(14-16-34(23,5)28(25)15-17-35(26,27)6)40-33-32(39)31(38)30(37)29(19-36)41-33/h8-10,20-22,24-33,36-39H,7,11-19H2,1-6H3/b9-8+/t21-,22-,24?,25?,26-,27?,28?,29-,30-,31+,32-,33-,34+,35-/m1/s1. The molecule has 0 radical (unpaired) electrons. The summed E-state index contributed by atoms with van der Waals surface area (Å²) in [7, 11) is 0. The Kier molecular flexibility index (Phi) is 9.51. The van der Waals surface area contributed by atoms with Gasteiger partial charge in [0.25, 0.3) is 0 Å². The second kappa shape index (κ2) is 12.3. The summed E-state index contributed by atoms with van der Waals surface area (Å²) in [6.07, 6.45) is 11.9. The largest absolute Gasteiger partial charge is 0.394 e. The van der Waals surface area contributed by atoms with E-state index in [-0.39, 0.29) is 11.5 Å². The fourth-order valence-electron chi connectivity index (χ4n) is 10.3. The van der Waals surface area contributed by atoms with Gasteiger partial charge in [0, 0.05) is 0 Å². The molecule has 0 aromatic carbocycles. The van der Waals surface area contributed by atoms with Crippen molar-refractivity contribution in [3.05, 3.63) is 23.8 Å². The first-order valence-corrected chi connectivity index (χ1v) is 16.8. The van der Waals surface area contributed by atoms with E-state index in [1.165, 1.54) is 37.7 Å². The predicted molar refractivity (Wildman–Crippen MR) is 161 cm³/mol. The summed E-state index contributed by atoms with van der Waals surface area (Å²) >= 11 is 0. The molecule has 5 aliphatic rings. The van der Waals surface area contributed by atoms with Gasteiger partial charge in [-0.3, -0.25) is 0 Å². The second-order valence-corrected chi connectivity index (χ2v) is 15.2. The third-order valence-corrected chi connectivity index (χ3v) is 12.9. The number of hydrogen-bond donors (Lipinski definition) is 4. The molecule has 0 aromatic heterocycles. The van der Waals surface area contributed by atoms with Gasteiger partial charge in [0.2, 0.25) is 0 Å². The van der Waals surface area contributed by atoms with Gasteiger partial charge in [0.15, 0.2) is 6.29 Å². The van der Waals surface area contributed by atoms with Crippen molar-refractivity contribution in [3.63, 3.8) is 0 Å². The zero-order valence-electron chi connectivity index (χ0n) is 26.4. The van der Waals surface area contributed by atoms with E-state index in [1.807, 2.05) is 0 Å². The van der Waals surface area contributed by atoms with E-state index in [1.54, 1.807) is 0 Å². The first-order chi connectivity index (χ1) is 19.4. The van der Waals surface area contributed by atoms with Gasteiger partial charge < -0.3 is 29.9 Å². The fourth-order valence-corrected chi connectivity index (χ4v) is 10.3. The molecule has 1 aliphatic heterocycles. The molecule has 41 heavy (non-hydrogen) atoms. The fraction of sp³-hybridized carbons (Fsp3) is 0.886. The van der Waals surface area contributed by atoms with E-state index in [0.29, 0.717) is 29.1 Å². The molecule has 1 heterocycles. The Morgan fingerprint density at radius 1 is 0.976 bits per heavy atom. The lowest BCUT2D eigenvalue weighted by Gasteiger charge is -2.58. The number of aliphatic hydroxyl groups is 4. The van der Waals surface area contributed by atoms with Crippen molar-refractivity contribution in [2.45, 2.75) is 136 Å². The lowest BCUT2D eigenvalue weighted by molar-refractivity contribution is -0.313. The van der Waals surface area contributed by atoms with E-state index in [0.717, 1.165) is 43.4 Å². The molecule has 6 heteroatoms. The number of allylic oxidation sites excluding steroid dienone is 3. The molecular weight excluding hydrogens is 516 g/mol. The zero-order valence-corrected chi connectivity index (χ0v) is 26.4. The summed E-state index contributed by atoms with van der Waals surface area (Å²) in [6.45, 7) is 14.2. The average molecular weight is 575 g/mol. The molecule has 4 unspecified atom stereocenters. The Hall–Kier alpha value is -0.760. The molecule has 1 saturated heterocycles. The summed E-state index contributed by atoms with van der Waals surface area (Å²) in [5, 5.41) is 40.4. The first-order valence-electron chi connectivity index (χ1n) is 16.8. The van der Waals surface area contributed by atoms with Gasteiger partial charge in [-0.2, -0.15) is 0 Å². The summed E-state index contributed by atoms with van der Waals surface area (Å²) in [4.78, 5) is 0. The topological polar surface area (TPSA) is 99.4 Å². The molecule has 0 bridgehead atoms. The maximum Gasteiger partial charge on any atom is 0.186 e. The van der Waals surface area contributed by atoms with Crippen molar-refractivity contribution in [3.8, 4) is 0 Å². The van der Waals surface area contributed by atoms with Gasteiger partial charge in [0.1, 0.15) is 24.4 Å². The molecule has 6 nitrogen and oxygen atoms in total. The maximum atomic E-state index is 10.5. The molecule has 4 N–H and O–H groups in total. The number of rotatable bonds is 8. The van der Waals surface area contributed by atoms with E-state index >= 15 is 0 Å². The number of hydrogen-bond acceptors (Lipinski definition) is 6. The predicted octanol–water partition coefficient (Wildman–Crippen LogP) is 5.63. The van der Waals surface area contributed by atoms with Gasteiger partial charge in [-0.25, -0.2) is 0 Å². The van der Waals surface area contributed by atoms with Crippen molar-refractivity contribution >= 4 is 0 Å². The third-order valence-electron chi connectivity index (χ3n) is 12.9. The van der Waals surface area contributed by atoms with Crippen molar-refractivity contribution in [2.24, 2.45) is 52.3 Å². The molecule has 3 saturated carbocycles. The molecular formula is C35H58O6. The van der Waals surface area contributed by atoms with Gasteiger partial charge in [-0.15, -0.1) is 0 Å².